The van der Waals surface area contributed by atoms with Crippen LogP contribution in [-0.4, -0.2) is 77.4 Å². The summed E-state index contributed by atoms with van der Waals surface area (Å²) in [6.45, 7) is 1.73. The van der Waals surface area contributed by atoms with Crippen molar-refractivity contribution in [2.45, 2.75) is 37.0 Å². The highest BCUT2D eigenvalue weighted by Gasteiger charge is 2.48. The van der Waals surface area contributed by atoms with E-state index in [-0.39, 0.29) is 25.6 Å². The average molecular weight is 604 g/mol. The molecule has 0 spiro atoms. The van der Waals surface area contributed by atoms with Gasteiger partial charge in [-0.15, -0.1) is 0 Å². The molecule has 0 bridgehead atoms. The lowest BCUT2D eigenvalue weighted by atomic mass is 9.83. The van der Waals surface area contributed by atoms with Crippen LogP contribution in [0.3, 0.4) is 0 Å². The van der Waals surface area contributed by atoms with Gasteiger partial charge >= 0.3 is 6.18 Å². The van der Waals surface area contributed by atoms with Crippen molar-refractivity contribution >= 4 is 27.8 Å². The maximum absolute atomic E-state index is 14.6. The largest absolute Gasteiger partial charge is 0.436 e. The quantitative estimate of drug-likeness (QED) is 0.288. The van der Waals surface area contributed by atoms with Gasteiger partial charge in [-0.3, -0.25) is 14.7 Å². The van der Waals surface area contributed by atoms with Crippen molar-refractivity contribution in [1.29, 1.82) is 5.26 Å². The number of pyridine rings is 2. The summed E-state index contributed by atoms with van der Waals surface area (Å²) in [4.78, 5) is 36.1. The molecule has 7 rings (SSSR count). The van der Waals surface area contributed by atoms with E-state index in [4.69, 9.17) is 0 Å². The number of aromatic amines is 1. The summed E-state index contributed by atoms with van der Waals surface area (Å²) in [5, 5.41) is 11.7. The fourth-order valence-electron chi connectivity index (χ4n) is 6.62. The molecule has 2 aliphatic heterocycles. The number of carbonyl (C=O) groups is 1. The van der Waals surface area contributed by atoms with Crippen LogP contribution in [0.4, 0.5) is 17.6 Å². The second kappa shape index (κ2) is 10.4. The van der Waals surface area contributed by atoms with Crippen LogP contribution in [0.1, 0.15) is 35.3 Å². The zero-order valence-corrected chi connectivity index (χ0v) is 23.2. The van der Waals surface area contributed by atoms with Gasteiger partial charge in [0.1, 0.15) is 12.0 Å². The minimum absolute atomic E-state index is 0.0969. The van der Waals surface area contributed by atoms with Crippen LogP contribution in [0.15, 0.2) is 55.5 Å². The summed E-state index contributed by atoms with van der Waals surface area (Å²) in [5.41, 5.74) is 0.461. The van der Waals surface area contributed by atoms with E-state index in [9.17, 15) is 27.6 Å². The van der Waals surface area contributed by atoms with Crippen LogP contribution in [0.2, 0.25) is 0 Å². The van der Waals surface area contributed by atoms with Crippen LogP contribution in [0.5, 0.6) is 0 Å². The molecule has 0 aliphatic carbocycles. The van der Waals surface area contributed by atoms with E-state index >= 15 is 0 Å². The number of hydrogen-bond donors (Lipinski definition) is 1. The number of halogens is 4. The Labute approximate surface area is 248 Å². The third-order valence-corrected chi connectivity index (χ3v) is 8.79. The molecule has 1 N–H and O–H groups in total. The number of likely N-dealkylation sites (tertiary alicyclic amines) is 2. The molecule has 1 amide bonds. The molecule has 224 valence electrons. The zero-order valence-electron chi connectivity index (χ0n) is 23.2. The Hall–Kier alpha value is -4.90. The molecular weight excluding hydrogens is 578 g/mol. The number of aromatic nitrogens is 6. The van der Waals surface area contributed by atoms with Gasteiger partial charge in [-0.2, -0.15) is 18.4 Å². The monoisotopic (exact) mass is 603 g/mol. The minimum atomic E-state index is -4.99. The summed E-state index contributed by atoms with van der Waals surface area (Å²) in [5.74, 6) is -2.43. The first-order valence-corrected chi connectivity index (χ1v) is 14.1. The molecule has 0 unspecified atom stereocenters. The molecule has 14 heteroatoms. The van der Waals surface area contributed by atoms with Crippen molar-refractivity contribution in [2.75, 3.05) is 26.2 Å². The Bertz CT molecular complexity index is 1930. The third kappa shape index (κ3) is 4.46. The second-order valence-electron chi connectivity index (χ2n) is 11.3. The van der Waals surface area contributed by atoms with Crippen LogP contribution in [0.25, 0.3) is 33.2 Å². The predicted octanol–water partition coefficient (Wildman–Crippen LogP) is 4.76. The molecule has 5 aromatic rings. The highest BCUT2D eigenvalue weighted by Crippen LogP contribution is 2.42. The smallest absolute Gasteiger partial charge is 0.346 e. The van der Waals surface area contributed by atoms with Gasteiger partial charge in [0.25, 0.3) is 5.91 Å². The zero-order chi connectivity index (χ0) is 30.6. The molecular formula is C30H25F4N9O. The molecule has 2 saturated heterocycles. The molecule has 7 heterocycles. The molecule has 0 radical (unpaired) electrons. The van der Waals surface area contributed by atoms with E-state index in [0.29, 0.717) is 25.9 Å². The van der Waals surface area contributed by atoms with E-state index in [0.717, 1.165) is 45.5 Å². The summed E-state index contributed by atoms with van der Waals surface area (Å²) >= 11 is 0. The predicted molar refractivity (Wildman–Crippen MR) is 151 cm³/mol. The fourth-order valence-corrected chi connectivity index (χ4v) is 6.62. The number of amides is 1. The second-order valence-corrected chi connectivity index (χ2v) is 11.3. The Kier molecular flexibility index (Phi) is 6.58. The first kappa shape index (κ1) is 27.9. The Balaban J connectivity index is 1.10. The molecule has 0 saturated carbocycles. The van der Waals surface area contributed by atoms with Crippen molar-refractivity contribution in [1.82, 2.24) is 39.3 Å². The number of nitriles is 1. The lowest BCUT2D eigenvalue weighted by molar-refractivity contribution is -0.143. The summed E-state index contributed by atoms with van der Waals surface area (Å²) in [6.07, 6.45) is 6.11. The Morgan fingerprint density at radius 2 is 1.89 bits per heavy atom. The SMILES string of the molecule is N#CCC1(n2cc(-c3ncnc4[nH]ccc34)c3ccncc32)CN(C2CCN(C(=O)c3ccnc(C(F)(F)F)c3F)CC2)C1. The molecule has 10 nitrogen and oxygen atoms in total. The number of carbonyl (C=O) groups excluding carboxylic acids is 1. The number of H-pyrrole nitrogens is 1. The van der Waals surface area contributed by atoms with Gasteiger partial charge in [-0.1, -0.05) is 0 Å². The third-order valence-electron chi connectivity index (χ3n) is 8.79. The summed E-state index contributed by atoms with van der Waals surface area (Å²) in [7, 11) is 0. The van der Waals surface area contributed by atoms with Gasteiger partial charge in [0.05, 0.1) is 41.0 Å². The normalized spacial score (nSPS) is 17.6. The van der Waals surface area contributed by atoms with Crippen molar-refractivity contribution in [2.24, 2.45) is 0 Å². The minimum Gasteiger partial charge on any atom is -0.346 e. The standard InChI is InChI=1S/C30H25F4N9O/c31-24-20(2-9-37-26(24)30(32,33)34)28(44)41-11-4-18(5-12-41)42-15-29(16-42,6-7-35)43-14-22(19-1-8-36-13-23(19)43)25-21-3-10-38-27(21)40-17-39-25/h1-3,8-10,13-14,17-18H,4-6,11-12,15-16H2,(H,38,39,40). The maximum Gasteiger partial charge on any atom is 0.436 e. The molecule has 0 aromatic carbocycles. The lowest BCUT2D eigenvalue weighted by Crippen LogP contribution is -2.66. The highest BCUT2D eigenvalue weighted by molar-refractivity contribution is 6.02. The number of piperidine rings is 1. The number of alkyl halides is 3. The van der Waals surface area contributed by atoms with Gasteiger partial charge in [-0.25, -0.2) is 19.3 Å². The number of hydrogen-bond acceptors (Lipinski definition) is 7. The van der Waals surface area contributed by atoms with Crippen molar-refractivity contribution in [3.8, 4) is 17.3 Å². The number of rotatable bonds is 5. The fraction of sp³-hybridized carbons (Fsp3) is 0.333. The van der Waals surface area contributed by atoms with Crippen molar-refractivity contribution < 1.29 is 22.4 Å². The van der Waals surface area contributed by atoms with E-state index in [2.05, 4.69) is 40.5 Å². The van der Waals surface area contributed by atoms with E-state index in [1.54, 1.807) is 12.4 Å². The van der Waals surface area contributed by atoms with Gasteiger partial charge in [0, 0.05) is 73.3 Å². The molecule has 2 aliphatic rings. The van der Waals surface area contributed by atoms with Gasteiger partial charge in [0.2, 0.25) is 0 Å². The summed E-state index contributed by atoms with van der Waals surface area (Å²) in [6, 6.07) is 7.31. The van der Waals surface area contributed by atoms with Crippen LogP contribution < -0.4 is 0 Å². The Morgan fingerprint density at radius 1 is 1.09 bits per heavy atom. The van der Waals surface area contributed by atoms with Crippen LogP contribution in [-0.2, 0) is 11.7 Å². The van der Waals surface area contributed by atoms with E-state index in [1.165, 1.54) is 11.2 Å². The topological polar surface area (TPSA) is 120 Å². The number of nitrogens with one attached hydrogen (secondary N) is 1. The van der Waals surface area contributed by atoms with Crippen LogP contribution >= 0.6 is 0 Å². The molecule has 0 atom stereocenters. The highest BCUT2D eigenvalue weighted by atomic mass is 19.4. The van der Waals surface area contributed by atoms with Crippen molar-refractivity contribution in [3.05, 3.63) is 72.6 Å². The molecule has 44 heavy (non-hydrogen) atoms. The molecule has 5 aromatic heterocycles. The van der Waals surface area contributed by atoms with Crippen molar-refractivity contribution in [3.63, 3.8) is 0 Å². The molecule has 2 fully saturated rings. The first-order chi connectivity index (χ1) is 21.2. The number of nitrogens with zero attached hydrogens (tertiary/aromatic N) is 8. The summed E-state index contributed by atoms with van der Waals surface area (Å²) < 4.78 is 56.0. The number of fused-ring (bicyclic) bond motifs is 2. The first-order valence-electron chi connectivity index (χ1n) is 14.1. The lowest BCUT2D eigenvalue weighted by Gasteiger charge is -2.54. The van der Waals surface area contributed by atoms with E-state index < -0.39 is 34.7 Å². The van der Waals surface area contributed by atoms with Gasteiger partial charge in [0.15, 0.2) is 11.5 Å². The Morgan fingerprint density at radius 3 is 2.64 bits per heavy atom. The maximum atomic E-state index is 14.6. The van der Waals surface area contributed by atoms with Gasteiger partial charge < -0.3 is 14.5 Å². The average Bonchev–Trinajstić information content (AvgIpc) is 3.64. The van der Waals surface area contributed by atoms with Crippen LogP contribution in [0, 0.1) is 17.1 Å². The van der Waals surface area contributed by atoms with Gasteiger partial charge in [-0.05, 0) is 31.0 Å². The van der Waals surface area contributed by atoms with E-state index in [1.807, 2.05) is 24.5 Å².